The van der Waals surface area contributed by atoms with E-state index in [1.807, 2.05) is 24.3 Å². The van der Waals surface area contributed by atoms with Crippen LogP contribution in [-0.2, 0) is 6.42 Å². The third-order valence-electron chi connectivity index (χ3n) is 2.61. The topological polar surface area (TPSA) is 62.2 Å². The van der Waals surface area contributed by atoms with Gasteiger partial charge in [-0.1, -0.05) is 23.7 Å². The highest BCUT2D eigenvalue weighted by Crippen LogP contribution is 2.12. The van der Waals surface area contributed by atoms with E-state index in [4.69, 9.17) is 11.6 Å². The van der Waals surface area contributed by atoms with Crippen LogP contribution in [0.5, 0.6) is 5.75 Å². The number of rotatable bonds is 4. The van der Waals surface area contributed by atoms with Crippen LogP contribution in [-0.4, -0.2) is 22.5 Å². The number of amides is 1. The zero-order chi connectivity index (χ0) is 13.7. The lowest BCUT2D eigenvalue weighted by atomic mass is 10.1. The van der Waals surface area contributed by atoms with E-state index >= 15 is 0 Å². The van der Waals surface area contributed by atoms with Gasteiger partial charge in [0.1, 0.15) is 5.75 Å². The number of halogens is 1. The minimum Gasteiger partial charge on any atom is -0.505 e. The van der Waals surface area contributed by atoms with E-state index in [9.17, 15) is 9.90 Å². The zero-order valence-corrected chi connectivity index (χ0v) is 10.9. The SMILES string of the molecule is O=C(NCCc1ccc(Cl)cc1)c1ncccc1O. The van der Waals surface area contributed by atoms with Gasteiger partial charge in [0, 0.05) is 17.8 Å². The molecule has 2 rings (SSSR count). The zero-order valence-electron chi connectivity index (χ0n) is 10.1. The van der Waals surface area contributed by atoms with Crippen molar-refractivity contribution in [3.05, 3.63) is 58.9 Å². The highest BCUT2D eigenvalue weighted by molar-refractivity contribution is 6.30. The van der Waals surface area contributed by atoms with Crippen molar-refractivity contribution in [2.75, 3.05) is 6.54 Å². The maximum absolute atomic E-state index is 11.8. The smallest absolute Gasteiger partial charge is 0.273 e. The summed E-state index contributed by atoms with van der Waals surface area (Å²) in [5.41, 5.74) is 1.12. The first-order valence-electron chi connectivity index (χ1n) is 5.83. The van der Waals surface area contributed by atoms with Gasteiger partial charge in [0.05, 0.1) is 0 Å². The molecule has 0 fully saturated rings. The van der Waals surface area contributed by atoms with Crippen molar-refractivity contribution in [2.24, 2.45) is 0 Å². The van der Waals surface area contributed by atoms with Crippen LogP contribution in [0, 0.1) is 0 Å². The molecule has 1 aromatic carbocycles. The maximum Gasteiger partial charge on any atom is 0.273 e. The molecule has 0 spiro atoms. The Balaban J connectivity index is 1.88. The number of carbonyl (C=O) groups excluding carboxylic acids is 1. The molecule has 2 aromatic rings. The van der Waals surface area contributed by atoms with Crippen LogP contribution >= 0.6 is 11.6 Å². The fourth-order valence-electron chi connectivity index (χ4n) is 1.63. The van der Waals surface area contributed by atoms with E-state index < -0.39 is 0 Å². The number of pyridine rings is 1. The highest BCUT2D eigenvalue weighted by atomic mass is 35.5. The predicted octanol–water partition coefficient (Wildman–Crippen LogP) is 2.41. The van der Waals surface area contributed by atoms with Gasteiger partial charge in [-0.05, 0) is 36.2 Å². The standard InChI is InChI=1S/C14H13ClN2O2/c15-11-5-3-10(4-6-11)7-9-17-14(19)13-12(18)2-1-8-16-13/h1-6,8,18H,7,9H2,(H,17,19). The number of hydrogen-bond acceptors (Lipinski definition) is 3. The summed E-state index contributed by atoms with van der Waals surface area (Å²) in [5.74, 6) is -0.501. The van der Waals surface area contributed by atoms with E-state index in [2.05, 4.69) is 10.3 Å². The van der Waals surface area contributed by atoms with Gasteiger partial charge in [-0.25, -0.2) is 4.98 Å². The molecule has 4 nitrogen and oxygen atoms in total. The molecular weight excluding hydrogens is 264 g/mol. The molecule has 0 radical (unpaired) electrons. The van der Waals surface area contributed by atoms with Crippen molar-refractivity contribution in [3.63, 3.8) is 0 Å². The fourth-order valence-corrected chi connectivity index (χ4v) is 1.75. The third-order valence-corrected chi connectivity index (χ3v) is 2.87. The largest absolute Gasteiger partial charge is 0.505 e. The van der Waals surface area contributed by atoms with E-state index in [0.717, 1.165) is 5.56 Å². The Labute approximate surface area is 116 Å². The molecule has 0 saturated carbocycles. The predicted molar refractivity (Wildman–Crippen MR) is 73.4 cm³/mol. The summed E-state index contributed by atoms with van der Waals surface area (Å²) in [6, 6.07) is 10.4. The lowest BCUT2D eigenvalue weighted by Crippen LogP contribution is -2.26. The van der Waals surface area contributed by atoms with Crippen molar-refractivity contribution in [3.8, 4) is 5.75 Å². The molecule has 19 heavy (non-hydrogen) atoms. The summed E-state index contributed by atoms with van der Waals surface area (Å²) in [4.78, 5) is 15.6. The average Bonchev–Trinajstić information content (AvgIpc) is 2.41. The molecule has 5 heteroatoms. The molecule has 0 aliphatic rings. The van der Waals surface area contributed by atoms with Gasteiger partial charge in [-0.15, -0.1) is 0 Å². The van der Waals surface area contributed by atoms with E-state index in [1.54, 1.807) is 6.07 Å². The molecule has 0 aliphatic carbocycles. The quantitative estimate of drug-likeness (QED) is 0.901. The van der Waals surface area contributed by atoms with Crippen LogP contribution in [0.25, 0.3) is 0 Å². The molecule has 98 valence electrons. The van der Waals surface area contributed by atoms with Gasteiger partial charge >= 0.3 is 0 Å². The van der Waals surface area contributed by atoms with Crippen molar-refractivity contribution in [1.82, 2.24) is 10.3 Å². The third kappa shape index (κ3) is 3.69. The second kappa shape index (κ2) is 6.20. The highest BCUT2D eigenvalue weighted by Gasteiger charge is 2.10. The van der Waals surface area contributed by atoms with Gasteiger partial charge < -0.3 is 10.4 Å². The average molecular weight is 277 g/mol. The van der Waals surface area contributed by atoms with Gasteiger partial charge in [-0.3, -0.25) is 4.79 Å². The lowest BCUT2D eigenvalue weighted by Gasteiger charge is -2.06. The molecule has 1 amide bonds. The lowest BCUT2D eigenvalue weighted by molar-refractivity contribution is 0.0946. The summed E-state index contributed by atoms with van der Waals surface area (Å²) in [6.45, 7) is 0.469. The Morgan fingerprint density at radius 2 is 2.00 bits per heavy atom. The molecule has 0 atom stereocenters. The normalized spacial score (nSPS) is 10.2. The van der Waals surface area contributed by atoms with Gasteiger partial charge in [0.15, 0.2) is 5.69 Å². The summed E-state index contributed by atoms with van der Waals surface area (Å²) in [7, 11) is 0. The summed E-state index contributed by atoms with van der Waals surface area (Å²) >= 11 is 5.79. The molecule has 1 aromatic heterocycles. The first kappa shape index (κ1) is 13.4. The van der Waals surface area contributed by atoms with Crippen LogP contribution < -0.4 is 5.32 Å². The first-order valence-corrected chi connectivity index (χ1v) is 6.21. The van der Waals surface area contributed by atoms with Crippen LogP contribution in [0.15, 0.2) is 42.6 Å². The van der Waals surface area contributed by atoms with Crippen LogP contribution in [0.2, 0.25) is 5.02 Å². The van der Waals surface area contributed by atoms with Crippen molar-refractivity contribution in [2.45, 2.75) is 6.42 Å². The van der Waals surface area contributed by atoms with Crippen molar-refractivity contribution < 1.29 is 9.90 Å². The van der Waals surface area contributed by atoms with Crippen molar-refractivity contribution in [1.29, 1.82) is 0 Å². The number of carbonyl (C=O) groups is 1. The Morgan fingerprint density at radius 1 is 1.26 bits per heavy atom. The number of aromatic hydroxyl groups is 1. The number of aromatic nitrogens is 1. The maximum atomic E-state index is 11.8. The van der Waals surface area contributed by atoms with E-state index in [-0.39, 0.29) is 17.4 Å². The Morgan fingerprint density at radius 3 is 2.68 bits per heavy atom. The number of nitrogens with zero attached hydrogens (tertiary/aromatic N) is 1. The van der Waals surface area contributed by atoms with E-state index in [1.165, 1.54) is 12.3 Å². The molecular formula is C14H13ClN2O2. The summed E-state index contributed by atoms with van der Waals surface area (Å²) in [5, 5.41) is 12.9. The summed E-state index contributed by atoms with van der Waals surface area (Å²) < 4.78 is 0. The second-order valence-electron chi connectivity index (χ2n) is 4.00. The van der Waals surface area contributed by atoms with Gasteiger partial charge in [-0.2, -0.15) is 0 Å². The number of benzene rings is 1. The minimum atomic E-state index is -0.382. The van der Waals surface area contributed by atoms with Gasteiger partial charge in [0.2, 0.25) is 0 Å². The minimum absolute atomic E-state index is 0.0404. The monoisotopic (exact) mass is 276 g/mol. The molecule has 0 unspecified atom stereocenters. The number of nitrogens with one attached hydrogen (secondary N) is 1. The van der Waals surface area contributed by atoms with Gasteiger partial charge in [0.25, 0.3) is 5.91 Å². The fraction of sp³-hybridized carbons (Fsp3) is 0.143. The van der Waals surface area contributed by atoms with Crippen LogP contribution in [0.1, 0.15) is 16.1 Å². The van der Waals surface area contributed by atoms with E-state index in [0.29, 0.717) is 18.0 Å². The van der Waals surface area contributed by atoms with Crippen molar-refractivity contribution >= 4 is 17.5 Å². The number of hydrogen-bond donors (Lipinski definition) is 2. The molecule has 0 bridgehead atoms. The Kier molecular flexibility index (Phi) is 4.36. The molecule has 1 heterocycles. The van der Waals surface area contributed by atoms with Crippen LogP contribution in [0.4, 0.5) is 0 Å². The molecule has 2 N–H and O–H groups in total. The first-order chi connectivity index (χ1) is 9.16. The Hall–Kier alpha value is -2.07. The van der Waals surface area contributed by atoms with Crippen LogP contribution in [0.3, 0.4) is 0 Å². The Bertz CT molecular complexity index is 570. The summed E-state index contributed by atoms with van der Waals surface area (Å²) in [6.07, 6.45) is 2.16. The molecule has 0 aliphatic heterocycles. The second-order valence-corrected chi connectivity index (χ2v) is 4.44. The molecule has 0 saturated heterocycles.